The quantitative estimate of drug-likeness (QED) is 0.824. The Morgan fingerprint density at radius 1 is 1.36 bits per heavy atom. The minimum absolute atomic E-state index is 0.0211. The molecule has 1 saturated heterocycles. The largest absolute Gasteiger partial charge is 0.336 e. The summed E-state index contributed by atoms with van der Waals surface area (Å²) in [7, 11) is -1.46. The van der Waals surface area contributed by atoms with Gasteiger partial charge in [0.05, 0.1) is 6.33 Å². The molecule has 22 heavy (non-hydrogen) atoms. The maximum Gasteiger partial charge on any atom is 0.262 e. The van der Waals surface area contributed by atoms with Crippen LogP contribution in [0, 0.1) is 5.92 Å². The Bertz CT molecular complexity index is 582. The van der Waals surface area contributed by atoms with Gasteiger partial charge in [-0.15, -0.1) is 0 Å². The lowest BCUT2D eigenvalue weighted by molar-refractivity contribution is 0.270. The molecular formula is C15H28N4O2S. The van der Waals surface area contributed by atoms with E-state index in [9.17, 15) is 8.42 Å². The fraction of sp³-hybridized carbons (Fsp3) is 0.800. The molecule has 0 amide bonds. The molecule has 0 N–H and O–H groups in total. The third kappa shape index (κ3) is 3.88. The molecule has 0 bridgehead atoms. The van der Waals surface area contributed by atoms with Crippen molar-refractivity contribution in [1.29, 1.82) is 0 Å². The first-order valence-electron chi connectivity index (χ1n) is 8.06. The fourth-order valence-electron chi connectivity index (χ4n) is 2.98. The second kappa shape index (κ2) is 7.10. The van der Waals surface area contributed by atoms with Crippen LogP contribution in [-0.4, -0.2) is 59.9 Å². The highest BCUT2D eigenvalue weighted by molar-refractivity contribution is 7.89. The van der Waals surface area contributed by atoms with Crippen molar-refractivity contribution in [2.75, 3.05) is 26.7 Å². The second-order valence-electron chi connectivity index (χ2n) is 6.60. The van der Waals surface area contributed by atoms with Crippen molar-refractivity contribution >= 4 is 10.0 Å². The number of aromatic nitrogens is 2. The number of imidazole rings is 1. The zero-order chi connectivity index (χ0) is 16.3. The molecule has 1 atom stereocenters. The average Bonchev–Trinajstić information content (AvgIpc) is 2.80. The van der Waals surface area contributed by atoms with E-state index in [4.69, 9.17) is 0 Å². The maximum absolute atomic E-state index is 12.9. The average molecular weight is 328 g/mol. The Hall–Kier alpha value is -0.920. The second-order valence-corrected chi connectivity index (χ2v) is 8.43. The molecule has 1 aromatic heterocycles. The van der Waals surface area contributed by atoms with Crippen molar-refractivity contribution in [3.05, 3.63) is 12.5 Å². The monoisotopic (exact) mass is 328 g/mol. The highest BCUT2D eigenvalue weighted by Gasteiger charge is 2.34. The van der Waals surface area contributed by atoms with E-state index in [-0.39, 0.29) is 11.1 Å². The predicted molar refractivity (Wildman–Crippen MR) is 87.1 cm³/mol. The topological polar surface area (TPSA) is 58.4 Å². The van der Waals surface area contributed by atoms with Gasteiger partial charge in [0.25, 0.3) is 10.0 Å². The third-order valence-corrected chi connectivity index (χ3v) is 5.92. The zero-order valence-electron chi connectivity index (χ0n) is 14.1. The van der Waals surface area contributed by atoms with Gasteiger partial charge in [0, 0.05) is 31.9 Å². The van der Waals surface area contributed by atoms with Crippen LogP contribution in [0.15, 0.2) is 17.6 Å². The maximum atomic E-state index is 12.9. The number of likely N-dealkylation sites (N-methyl/N-ethyl adjacent to an activating group) is 1. The Labute approximate surface area is 134 Å². The van der Waals surface area contributed by atoms with Crippen molar-refractivity contribution in [3.8, 4) is 0 Å². The number of hydrogen-bond donors (Lipinski definition) is 0. The highest BCUT2D eigenvalue weighted by Crippen LogP contribution is 2.21. The molecule has 126 valence electrons. The molecule has 7 heteroatoms. The highest BCUT2D eigenvalue weighted by atomic mass is 32.2. The summed E-state index contributed by atoms with van der Waals surface area (Å²) in [6, 6.07) is 0.0211. The normalized spacial score (nSPS) is 22.1. The van der Waals surface area contributed by atoms with Crippen molar-refractivity contribution < 1.29 is 8.42 Å². The molecule has 2 rings (SSSR count). The van der Waals surface area contributed by atoms with E-state index < -0.39 is 10.0 Å². The van der Waals surface area contributed by atoms with Crippen molar-refractivity contribution in [3.63, 3.8) is 0 Å². The van der Waals surface area contributed by atoms with Crippen molar-refractivity contribution in [2.45, 2.75) is 51.2 Å². The molecule has 0 saturated carbocycles. The van der Waals surface area contributed by atoms with Gasteiger partial charge in [-0.25, -0.2) is 13.4 Å². The van der Waals surface area contributed by atoms with Crippen LogP contribution in [0.2, 0.25) is 0 Å². The molecule has 2 heterocycles. The molecule has 0 spiro atoms. The summed E-state index contributed by atoms with van der Waals surface area (Å²) in [6.07, 6.45) is 4.96. The molecule has 1 aromatic rings. The molecule has 0 aliphatic carbocycles. The molecule has 0 unspecified atom stereocenters. The van der Waals surface area contributed by atoms with Crippen LogP contribution in [0.25, 0.3) is 0 Å². The minimum atomic E-state index is -3.51. The van der Waals surface area contributed by atoms with Gasteiger partial charge in [-0.3, -0.25) is 0 Å². The van der Waals surface area contributed by atoms with Gasteiger partial charge in [-0.2, -0.15) is 4.31 Å². The van der Waals surface area contributed by atoms with E-state index in [1.54, 1.807) is 16.8 Å². The predicted octanol–water partition coefficient (Wildman–Crippen LogP) is 1.64. The Morgan fingerprint density at radius 2 is 2.09 bits per heavy atom. The lowest BCUT2D eigenvalue weighted by Crippen LogP contribution is -2.43. The Kier molecular flexibility index (Phi) is 5.63. The zero-order valence-corrected chi connectivity index (χ0v) is 14.9. The Balaban J connectivity index is 2.25. The summed E-state index contributed by atoms with van der Waals surface area (Å²) in [4.78, 5) is 6.36. The molecule has 1 fully saturated rings. The van der Waals surface area contributed by atoms with Crippen LogP contribution in [0.1, 0.15) is 33.6 Å². The Morgan fingerprint density at radius 3 is 2.73 bits per heavy atom. The third-order valence-electron chi connectivity index (χ3n) is 4.08. The summed E-state index contributed by atoms with van der Waals surface area (Å²) in [6.45, 7) is 9.32. The summed E-state index contributed by atoms with van der Waals surface area (Å²) < 4.78 is 29.4. The first-order chi connectivity index (χ1) is 10.3. The van der Waals surface area contributed by atoms with Crippen LogP contribution in [0.3, 0.4) is 0 Å². The van der Waals surface area contributed by atoms with E-state index >= 15 is 0 Å². The molecule has 0 aromatic carbocycles. The standard InChI is InChI=1S/C15H28N4O2S/c1-5-14-10-17(4)7-6-8-19(14)22(20,21)15-11-18(12-16-15)9-13(2)3/h11-14H,5-10H2,1-4H3/t14-/m0/s1. The van der Waals surface area contributed by atoms with Gasteiger partial charge in [0.15, 0.2) is 5.03 Å². The van der Waals surface area contributed by atoms with Gasteiger partial charge in [-0.05, 0) is 32.4 Å². The number of sulfonamides is 1. The minimum Gasteiger partial charge on any atom is -0.336 e. The van der Waals surface area contributed by atoms with E-state index in [0.717, 1.165) is 32.5 Å². The van der Waals surface area contributed by atoms with E-state index in [1.165, 1.54) is 0 Å². The number of nitrogens with zero attached hydrogens (tertiary/aromatic N) is 4. The SMILES string of the molecule is CC[C@H]1CN(C)CCCN1S(=O)(=O)c1cn(CC(C)C)cn1. The van der Waals surface area contributed by atoms with Crippen LogP contribution < -0.4 is 0 Å². The van der Waals surface area contributed by atoms with Gasteiger partial charge >= 0.3 is 0 Å². The summed E-state index contributed by atoms with van der Waals surface area (Å²) >= 11 is 0. The van der Waals surface area contributed by atoms with Crippen LogP contribution >= 0.6 is 0 Å². The number of rotatable bonds is 5. The lowest BCUT2D eigenvalue weighted by atomic mass is 10.2. The van der Waals surface area contributed by atoms with Crippen molar-refractivity contribution in [2.24, 2.45) is 5.92 Å². The molecule has 6 nitrogen and oxygen atoms in total. The molecule has 1 aliphatic rings. The summed E-state index contributed by atoms with van der Waals surface area (Å²) in [5.74, 6) is 0.458. The molecule has 0 radical (unpaired) electrons. The fourth-order valence-corrected chi connectivity index (χ4v) is 4.65. The van der Waals surface area contributed by atoms with Gasteiger partial charge in [0.1, 0.15) is 0 Å². The van der Waals surface area contributed by atoms with Gasteiger partial charge in [-0.1, -0.05) is 20.8 Å². The van der Waals surface area contributed by atoms with Crippen LogP contribution in [-0.2, 0) is 16.6 Å². The molecule has 1 aliphatic heterocycles. The van der Waals surface area contributed by atoms with Crippen LogP contribution in [0.4, 0.5) is 0 Å². The smallest absolute Gasteiger partial charge is 0.262 e. The first-order valence-corrected chi connectivity index (χ1v) is 9.50. The van der Waals surface area contributed by atoms with Crippen LogP contribution in [0.5, 0.6) is 0 Å². The van der Waals surface area contributed by atoms with Gasteiger partial charge < -0.3 is 9.47 Å². The number of hydrogen-bond acceptors (Lipinski definition) is 4. The summed E-state index contributed by atoms with van der Waals surface area (Å²) in [5.41, 5.74) is 0. The summed E-state index contributed by atoms with van der Waals surface area (Å²) in [5, 5.41) is 0.177. The first kappa shape index (κ1) is 17.4. The molecular weight excluding hydrogens is 300 g/mol. The lowest BCUT2D eigenvalue weighted by Gasteiger charge is -2.28. The van der Waals surface area contributed by atoms with E-state index in [1.807, 2.05) is 11.5 Å². The van der Waals surface area contributed by atoms with Crippen molar-refractivity contribution in [1.82, 2.24) is 18.8 Å². The van der Waals surface area contributed by atoms with E-state index in [0.29, 0.717) is 12.5 Å². The van der Waals surface area contributed by atoms with Gasteiger partial charge in [0.2, 0.25) is 0 Å². The van der Waals surface area contributed by atoms with E-state index in [2.05, 4.69) is 30.8 Å².